The highest BCUT2D eigenvalue weighted by Gasteiger charge is 2.28. The van der Waals surface area contributed by atoms with Crippen LogP contribution in [0.5, 0.6) is 5.75 Å². The number of thiophene rings is 1. The first kappa shape index (κ1) is 19.7. The third-order valence-electron chi connectivity index (χ3n) is 4.37. The minimum atomic E-state index is -0.738. The summed E-state index contributed by atoms with van der Waals surface area (Å²) in [5.41, 5.74) is 1.52. The Morgan fingerprint density at radius 1 is 1.30 bits per heavy atom. The van der Waals surface area contributed by atoms with Crippen molar-refractivity contribution < 1.29 is 19.1 Å². The molecule has 0 fully saturated rings. The highest BCUT2D eigenvalue weighted by Crippen LogP contribution is 2.38. The Hall–Kier alpha value is -2.05. The number of carbonyl (C=O) groups excluding carboxylic acids is 2. The van der Waals surface area contributed by atoms with Crippen LogP contribution in [0.3, 0.4) is 0 Å². The molecule has 1 amide bonds. The van der Waals surface area contributed by atoms with Gasteiger partial charge in [-0.3, -0.25) is 4.79 Å². The van der Waals surface area contributed by atoms with Crippen LogP contribution in [0.1, 0.15) is 47.5 Å². The van der Waals surface area contributed by atoms with Crippen molar-refractivity contribution in [1.82, 2.24) is 0 Å². The molecule has 0 saturated carbocycles. The molecule has 1 atom stereocenters. The van der Waals surface area contributed by atoms with Crippen LogP contribution in [-0.4, -0.2) is 24.6 Å². The number of halogens is 1. The lowest BCUT2D eigenvalue weighted by Gasteiger charge is -2.15. The number of amides is 1. The van der Waals surface area contributed by atoms with Gasteiger partial charge < -0.3 is 14.8 Å². The van der Waals surface area contributed by atoms with E-state index < -0.39 is 6.10 Å². The van der Waals surface area contributed by atoms with Gasteiger partial charge in [-0.05, 0) is 63.3 Å². The van der Waals surface area contributed by atoms with Crippen LogP contribution < -0.4 is 10.1 Å². The summed E-state index contributed by atoms with van der Waals surface area (Å²) in [6, 6.07) is 6.89. The SMILES string of the molecule is CCOC(=O)c1c(NC(=O)[C@@H](C)Oc2cccc(Cl)c2)sc2c1CCCC2. The normalized spacial score (nSPS) is 14.2. The van der Waals surface area contributed by atoms with Crippen LogP contribution >= 0.6 is 22.9 Å². The molecule has 27 heavy (non-hydrogen) atoms. The van der Waals surface area contributed by atoms with Crippen molar-refractivity contribution in [3.05, 3.63) is 45.3 Å². The molecule has 7 heteroatoms. The van der Waals surface area contributed by atoms with Crippen molar-refractivity contribution in [3.63, 3.8) is 0 Å². The predicted octanol–water partition coefficient (Wildman–Crippen LogP) is 4.86. The van der Waals surface area contributed by atoms with Gasteiger partial charge in [0.15, 0.2) is 6.10 Å². The second kappa shape index (κ2) is 8.76. The smallest absolute Gasteiger partial charge is 0.341 e. The summed E-state index contributed by atoms with van der Waals surface area (Å²) in [5.74, 6) is -0.184. The maximum atomic E-state index is 12.6. The van der Waals surface area contributed by atoms with E-state index in [1.54, 1.807) is 38.1 Å². The third-order valence-corrected chi connectivity index (χ3v) is 5.81. The molecule has 3 rings (SSSR count). The highest BCUT2D eigenvalue weighted by molar-refractivity contribution is 7.17. The fourth-order valence-corrected chi connectivity index (χ4v) is 4.55. The fraction of sp³-hybridized carbons (Fsp3) is 0.400. The number of aryl methyl sites for hydroxylation is 1. The molecule has 144 valence electrons. The molecule has 1 aromatic heterocycles. The van der Waals surface area contributed by atoms with Gasteiger partial charge in [-0.15, -0.1) is 11.3 Å². The molecular weight excluding hydrogens is 386 g/mol. The van der Waals surface area contributed by atoms with Crippen molar-refractivity contribution in [2.24, 2.45) is 0 Å². The second-order valence-electron chi connectivity index (χ2n) is 6.34. The minimum absolute atomic E-state index is 0.297. The van der Waals surface area contributed by atoms with Gasteiger partial charge in [0.05, 0.1) is 12.2 Å². The number of hydrogen-bond acceptors (Lipinski definition) is 5. The van der Waals surface area contributed by atoms with E-state index in [2.05, 4.69) is 5.32 Å². The number of hydrogen-bond donors (Lipinski definition) is 1. The van der Waals surface area contributed by atoms with Gasteiger partial charge in [0.1, 0.15) is 10.8 Å². The lowest BCUT2D eigenvalue weighted by molar-refractivity contribution is -0.122. The number of rotatable bonds is 6. The lowest BCUT2D eigenvalue weighted by Crippen LogP contribution is -2.30. The van der Waals surface area contributed by atoms with Crippen molar-refractivity contribution in [3.8, 4) is 5.75 Å². The van der Waals surface area contributed by atoms with Crippen LogP contribution in [0.4, 0.5) is 5.00 Å². The Kier molecular flexibility index (Phi) is 6.39. The molecule has 1 aliphatic carbocycles. The molecule has 0 radical (unpaired) electrons. The summed E-state index contributed by atoms with van der Waals surface area (Å²) in [6.07, 6.45) is 3.16. The molecule has 1 aromatic carbocycles. The van der Waals surface area contributed by atoms with Crippen LogP contribution in [0.2, 0.25) is 5.02 Å². The standard InChI is InChI=1S/C20H22ClNO4S/c1-3-25-20(24)17-15-9-4-5-10-16(15)27-19(17)22-18(23)12(2)26-14-8-6-7-13(21)11-14/h6-8,11-12H,3-5,9-10H2,1-2H3,(H,22,23)/t12-/m1/s1. The topological polar surface area (TPSA) is 64.6 Å². The van der Waals surface area contributed by atoms with E-state index >= 15 is 0 Å². The van der Waals surface area contributed by atoms with Crippen LogP contribution in [0.25, 0.3) is 0 Å². The number of anilines is 1. The largest absolute Gasteiger partial charge is 0.481 e. The number of nitrogens with one attached hydrogen (secondary N) is 1. The van der Waals surface area contributed by atoms with Crippen LogP contribution in [0, 0.1) is 0 Å². The van der Waals surface area contributed by atoms with E-state index in [1.165, 1.54) is 11.3 Å². The predicted molar refractivity (Wildman–Crippen MR) is 107 cm³/mol. The lowest BCUT2D eigenvalue weighted by atomic mass is 9.95. The first-order valence-corrected chi connectivity index (χ1v) is 10.2. The number of carbonyl (C=O) groups is 2. The summed E-state index contributed by atoms with van der Waals surface area (Å²) < 4.78 is 10.9. The third kappa shape index (κ3) is 4.62. The van der Waals surface area contributed by atoms with Crippen molar-refractivity contribution in [2.75, 3.05) is 11.9 Å². The summed E-state index contributed by atoms with van der Waals surface area (Å²) >= 11 is 7.41. The van der Waals surface area contributed by atoms with E-state index in [1.807, 2.05) is 0 Å². The van der Waals surface area contributed by atoms with Gasteiger partial charge >= 0.3 is 5.97 Å². The quantitative estimate of drug-likeness (QED) is 0.694. The molecule has 5 nitrogen and oxygen atoms in total. The Labute approximate surface area is 167 Å². The van der Waals surface area contributed by atoms with Gasteiger partial charge in [-0.2, -0.15) is 0 Å². The molecule has 0 aliphatic heterocycles. The Bertz CT molecular complexity index is 849. The average Bonchev–Trinajstić information content (AvgIpc) is 2.99. The first-order valence-electron chi connectivity index (χ1n) is 9.04. The first-order chi connectivity index (χ1) is 13.0. The molecule has 1 aliphatic rings. The summed E-state index contributed by atoms with van der Waals surface area (Å²) in [4.78, 5) is 26.3. The molecule has 0 bridgehead atoms. The van der Waals surface area contributed by atoms with Crippen LogP contribution in [0.15, 0.2) is 24.3 Å². The van der Waals surface area contributed by atoms with E-state index in [4.69, 9.17) is 21.1 Å². The number of benzene rings is 1. The monoisotopic (exact) mass is 407 g/mol. The molecule has 0 saturated heterocycles. The number of fused-ring (bicyclic) bond motifs is 1. The van der Waals surface area contributed by atoms with Gasteiger partial charge in [0.25, 0.3) is 5.91 Å². The van der Waals surface area contributed by atoms with E-state index in [-0.39, 0.29) is 11.9 Å². The molecule has 0 unspecified atom stereocenters. The number of esters is 1. The Morgan fingerprint density at radius 3 is 2.81 bits per heavy atom. The average molecular weight is 408 g/mol. The minimum Gasteiger partial charge on any atom is -0.481 e. The van der Waals surface area contributed by atoms with Crippen molar-refractivity contribution >= 4 is 39.8 Å². The Morgan fingerprint density at radius 2 is 2.07 bits per heavy atom. The zero-order valence-corrected chi connectivity index (χ0v) is 16.9. The summed E-state index contributed by atoms with van der Waals surface area (Å²) in [5, 5.41) is 3.95. The molecular formula is C20H22ClNO4S. The zero-order valence-electron chi connectivity index (χ0n) is 15.3. The van der Waals surface area contributed by atoms with Gasteiger partial charge in [-0.25, -0.2) is 4.79 Å². The summed E-state index contributed by atoms with van der Waals surface area (Å²) in [6.45, 7) is 3.73. The highest BCUT2D eigenvalue weighted by atomic mass is 35.5. The van der Waals surface area contributed by atoms with Crippen molar-refractivity contribution in [1.29, 1.82) is 0 Å². The molecule has 2 aromatic rings. The van der Waals surface area contributed by atoms with E-state index in [9.17, 15) is 9.59 Å². The van der Waals surface area contributed by atoms with Gasteiger partial charge in [-0.1, -0.05) is 17.7 Å². The van der Waals surface area contributed by atoms with E-state index in [0.29, 0.717) is 27.9 Å². The Balaban J connectivity index is 1.78. The van der Waals surface area contributed by atoms with Crippen LogP contribution in [-0.2, 0) is 22.4 Å². The van der Waals surface area contributed by atoms with E-state index in [0.717, 1.165) is 36.1 Å². The molecule has 1 N–H and O–H groups in total. The van der Waals surface area contributed by atoms with Gasteiger partial charge in [0.2, 0.25) is 0 Å². The number of ether oxygens (including phenoxy) is 2. The zero-order chi connectivity index (χ0) is 19.4. The second-order valence-corrected chi connectivity index (χ2v) is 7.88. The molecule has 0 spiro atoms. The summed E-state index contributed by atoms with van der Waals surface area (Å²) in [7, 11) is 0. The van der Waals surface area contributed by atoms with Crippen molar-refractivity contribution in [2.45, 2.75) is 45.6 Å². The molecule has 1 heterocycles. The fourth-order valence-electron chi connectivity index (χ4n) is 3.08. The van der Waals surface area contributed by atoms with Gasteiger partial charge in [0, 0.05) is 9.90 Å². The maximum Gasteiger partial charge on any atom is 0.341 e. The maximum absolute atomic E-state index is 12.6.